The summed E-state index contributed by atoms with van der Waals surface area (Å²) in [5.74, 6) is 0. The standard InChI is InChI=1S/C91H69N/c1-4-5-6-11-26-59-41-43-85-78(45-59)79-55-64(42-44-86(79)91(85)83-39-24-21-35-74(83)75-36-22-25-40-84(75)91)88-57-77(81-56-80-76-37-20-23-38-82(76)90(2,3)87(80)58-89(81)92-88)73-53-71(69-48-65(60-27-12-7-13-28-60)46-66(49-69)61-29-14-8-15-30-61)52-72(54-73)70-50-67(62-31-16-9-17-32-62)47-68(51-70)63-33-18-10-19-34-63/h7-10,12-25,27-58H,4-6,11,26H2,1-3H3. The maximum absolute atomic E-state index is 5.90. The molecule has 0 atom stereocenters. The van der Waals surface area contributed by atoms with Gasteiger partial charge < -0.3 is 0 Å². The van der Waals surface area contributed by atoms with Gasteiger partial charge in [-0.2, -0.15) is 0 Å². The summed E-state index contributed by atoms with van der Waals surface area (Å²) < 4.78 is 0. The lowest BCUT2D eigenvalue weighted by molar-refractivity contribution is 0.661. The summed E-state index contributed by atoms with van der Waals surface area (Å²) in [5, 5.41) is 1.13. The Morgan fingerprint density at radius 1 is 0.261 bits per heavy atom. The van der Waals surface area contributed by atoms with Gasteiger partial charge in [-0.1, -0.05) is 264 Å². The van der Waals surface area contributed by atoms with Crippen LogP contribution in [0.1, 0.15) is 85.4 Å². The first kappa shape index (κ1) is 55.3. The van der Waals surface area contributed by atoms with Crippen LogP contribution in [0.2, 0.25) is 0 Å². The minimum absolute atomic E-state index is 0.223. The van der Waals surface area contributed by atoms with E-state index in [0.717, 1.165) is 62.0 Å². The number of nitrogens with zero attached hydrogens (tertiary/aromatic N) is 1. The van der Waals surface area contributed by atoms with Gasteiger partial charge in [-0.05, 0) is 242 Å². The lowest BCUT2D eigenvalue weighted by atomic mass is 9.70. The first-order valence-electron chi connectivity index (χ1n) is 33.0. The van der Waals surface area contributed by atoms with Crippen molar-refractivity contribution in [2.75, 3.05) is 0 Å². The number of aromatic nitrogens is 1. The fourth-order valence-corrected chi connectivity index (χ4v) is 16.0. The van der Waals surface area contributed by atoms with E-state index in [4.69, 9.17) is 4.98 Å². The maximum atomic E-state index is 5.90. The number of unbranched alkanes of at least 4 members (excludes halogenated alkanes) is 3. The van der Waals surface area contributed by atoms with E-state index in [1.165, 1.54) is 143 Å². The van der Waals surface area contributed by atoms with E-state index in [1.807, 2.05) is 0 Å². The second kappa shape index (κ2) is 22.3. The molecular formula is C91H69N. The van der Waals surface area contributed by atoms with Crippen LogP contribution in [0.3, 0.4) is 0 Å². The number of aryl methyl sites for hydroxylation is 1. The van der Waals surface area contributed by atoms with Gasteiger partial charge in [0.05, 0.1) is 16.6 Å². The minimum Gasteiger partial charge on any atom is -0.248 e. The normalized spacial score (nSPS) is 13.3. The SMILES string of the molecule is CCCCCCc1ccc2c(c1)-c1cc(-c3cc(-c4cc(-c5cc(-c6ccccc6)cc(-c6ccccc6)c5)cc(-c5cc(-c6ccccc6)cc(-c6ccccc6)c5)c4)c4cc5c(cc4n3)C(C)(C)c3ccccc3-5)ccc1C21c2ccccc2-c2ccccc21. The van der Waals surface area contributed by atoms with Crippen LogP contribution in [0.25, 0.3) is 133 Å². The summed E-state index contributed by atoms with van der Waals surface area (Å²) >= 11 is 0. The molecule has 1 heterocycles. The Labute approximate surface area is 541 Å². The summed E-state index contributed by atoms with van der Waals surface area (Å²) in [6.07, 6.45) is 5.99. The molecule has 0 aliphatic heterocycles. The van der Waals surface area contributed by atoms with Gasteiger partial charge in [0.15, 0.2) is 0 Å². The summed E-state index contributed by atoms with van der Waals surface area (Å²) in [6.45, 7) is 7.07. The molecule has 1 nitrogen and oxygen atoms in total. The minimum atomic E-state index is -0.451. The molecule has 0 radical (unpaired) electrons. The Morgan fingerprint density at radius 3 is 1.14 bits per heavy atom. The van der Waals surface area contributed by atoms with Crippen molar-refractivity contribution in [3.63, 3.8) is 0 Å². The third-order valence-electron chi connectivity index (χ3n) is 20.5. The molecular weight excluding hydrogens is 1110 g/mol. The average Bonchev–Trinajstić information content (AvgIpc) is 1.51. The second-order valence-electron chi connectivity index (χ2n) is 26.3. The van der Waals surface area contributed by atoms with Crippen molar-refractivity contribution in [2.24, 2.45) is 0 Å². The highest BCUT2D eigenvalue weighted by Crippen LogP contribution is 2.63. The van der Waals surface area contributed by atoms with E-state index in [0.29, 0.717) is 0 Å². The molecule has 438 valence electrons. The van der Waals surface area contributed by atoms with E-state index in [1.54, 1.807) is 0 Å². The van der Waals surface area contributed by atoms with Crippen LogP contribution in [0, 0.1) is 0 Å². The summed E-state index contributed by atoms with van der Waals surface area (Å²) in [4.78, 5) is 5.90. The monoisotopic (exact) mass is 1180 g/mol. The molecule has 0 saturated heterocycles. The summed E-state index contributed by atoms with van der Waals surface area (Å²) in [6, 6.07) is 115. The molecule has 3 aliphatic rings. The number of hydrogen-bond acceptors (Lipinski definition) is 1. The third kappa shape index (κ3) is 9.16. The largest absolute Gasteiger partial charge is 0.248 e. The van der Waals surface area contributed by atoms with Crippen LogP contribution in [0.5, 0.6) is 0 Å². The summed E-state index contributed by atoms with van der Waals surface area (Å²) in [5.41, 5.74) is 36.0. The first-order valence-corrected chi connectivity index (χ1v) is 33.0. The van der Waals surface area contributed by atoms with Gasteiger partial charge in [-0.15, -0.1) is 0 Å². The van der Waals surface area contributed by atoms with Crippen LogP contribution >= 0.6 is 0 Å². The molecule has 0 unspecified atom stereocenters. The number of hydrogen-bond donors (Lipinski definition) is 0. The molecule has 17 rings (SSSR count). The number of rotatable bonds is 13. The molecule has 1 heteroatoms. The smallest absolute Gasteiger partial charge is 0.0725 e. The number of pyridine rings is 1. The van der Waals surface area contributed by atoms with Gasteiger partial charge >= 0.3 is 0 Å². The molecule has 0 bridgehead atoms. The fraction of sp³-hybridized carbons (Fsp3) is 0.110. The third-order valence-corrected chi connectivity index (χ3v) is 20.5. The van der Waals surface area contributed by atoms with Crippen LogP contribution in [-0.2, 0) is 17.3 Å². The topological polar surface area (TPSA) is 12.9 Å². The quantitative estimate of drug-likeness (QED) is 0.105. The molecule has 0 fully saturated rings. The average molecular weight is 1180 g/mol. The first-order chi connectivity index (χ1) is 45.3. The Kier molecular flexibility index (Phi) is 13.4. The second-order valence-corrected chi connectivity index (χ2v) is 26.3. The van der Waals surface area contributed by atoms with Crippen LogP contribution in [0.4, 0.5) is 0 Å². The highest BCUT2D eigenvalue weighted by atomic mass is 14.7. The van der Waals surface area contributed by atoms with E-state index < -0.39 is 5.41 Å². The number of fused-ring (bicyclic) bond motifs is 14. The van der Waals surface area contributed by atoms with E-state index >= 15 is 0 Å². The molecule has 14 aromatic rings. The molecule has 0 N–H and O–H groups in total. The lowest BCUT2D eigenvalue weighted by Gasteiger charge is -2.30. The van der Waals surface area contributed by atoms with Crippen LogP contribution < -0.4 is 0 Å². The Morgan fingerprint density at radius 2 is 0.652 bits per heavy atom. The zero-order chi connectivity index (χ0) is 61.5. The van der Waals surface area contributed by atoms with E-state index in [-0.39, 0.29) is 5.41 Å². The van der Waals surface area contributed by atoms with E-state index in [2.05, 4.69) is 324 Å². The molecule has 1 spiro atoms. The predicted octanol–water partition coefficient (Wildman–Crippen LogP) is 24.3. The Bertz CT molecular complexity index is 4900. The predicted molar refractivity (Wildman–Crippen MR) is 387 cm³/mol. The van der Waals surface area contributed by atoms with Gasteiger partial charge in [-0.3, -0.25) is 0 Å². The maximum Gasteiger partial charge on any atom is 0.0725 e. The molecule has 13 aromatic carbocycles. The van der Waals surface area contributed by atoms with Gasteiger partial charge in [0.25, 0.3) is 0 Å². The molecule has 0 amide bonds. The number of benzene rings is 13. The van der Waals surface area contributed by atoms with Crippen LogP contribution in [0.15, 0.2) is 303 Å². The summed E-state index contributed by atoms with van der Waals surface area (Å²) in [7, 11) is 0. The van der Waals surface area contributed by atoms with Crippen molar-refractivity contribution in [3.05, 3.63) is 342 Å². The molecule has 3 aliphatic carbocycles. The van der Waals surface area contributed by atoms with Crippen LogP contribution in [-0.4, -0.2) is 4.98 Å². The lowest BCUT2D eigenvalue weighted by Crippen LogP contribution is -2.25. The van der Waals surface area contributed by atoms with Crippen molar-refractivity contribution >= 4 is 10.9 Å². The van der Waals surface area contributed by atoms with E-state index in [9.17, 15) is 0 Å². The Balaban J connectivity index is 0.933. The van der Waals surface area contributed by atoms with Crippen molar-refractivity contribution in [3.8, 4) is 123 Å². The van der Waals surface area contributed by atoms with Crippen molar-refractivity contribution < 1.29 is 0 Å². The zero-order valence-electron chi connectivity index (χ0n) is 52.4. The van der Waals surface area contributed by atoms with Gasteiger partial charge in [-0.25, -0.2) is 4.98 Å². The Hall–Kier alpha value is -10.7. The molecule has 1 aromatic heterocycles. The van der Waals surface area contributed by atoms with Crippen molar-refractivity contribution in [1.29, 1.82) is 0 Å². The van der Waals surface area contributed by atoms with Crippen molar-refractivity contribution in [2.45, 2.75) is 63.7 Å². The zero-order valence-corrected chi connectivity index (χ0v) is 52.4. The van der Waals surface area contributed by atoms with Crippen molar-refractivity contribution in [1.82, 2.24) is 4.98 Å². The van der Waals surface area contributed by atoms with Gasteiger partial charge in [0, 0.05) is 16.4 Å². The fourth-order valence-electron chi connectivity index (χ4n) is 16.0. The highest BCUT2D eigenvalue weighted by Gasteiger charge is 2.51. The highest BCUT2D eigenvalue weighted by molar-refractivity contribution is 6.04. The molecule has 0 saturated carbocycles. The van der Waals surface area contributed by atoms with Gasteiger partial charge in [0.2, 0.25) is 0 Å². The van der Waals surface area contributed by atoms with Gasteiger partial charge in [0.1, 0.15) is 0 Å². The molecule has 92 heavy (non-hydrogen) atoms.